The minimum atomic E-state index is -4.31. The molecule has 0 spiro atoms. The van der Waals surface area contributed by atoms with Gasteiger partial charge < -0.3 is 0 Å². The van der Waals surface area contributed by atoms with Crippen molar-refractivity contribution in [3.8, 4) is 0 Å². The average molecular weight is 321 g/mol. The van der Waals surface area contributed by atoms with Crippen LogP contribution in [0.4, 0.5) is 0 Å². The van der Waals surface area contributed by atoms with Crippen molar-refractivity contribution in [2.75, 3.05) is 11.5 Å². The van der Waals surface area contributed by atoms with Crippen LogP contribution in [0.25, 0.3) is 0 Å². The smallest absolute Gasteiger partial charge is 0.266 e. The fourth-order valence-electron chi connectivity index (χ4n) is 1.32. The Balaban J connectivity index is 2.21. The van der Waals surface area contributed by atoms with E-state index in [-0.39, 0.29) is 0 Å². The maximum atomic E-state index is 12.0. The van der Waals surface area contributed by atoms with E-state index >= 15 is 0 Å². The molecule has 0 saturated heterocycles. The Morgan fingerprint density at radius 2 is 2.00 bits per heavy atom. The van der Waals surface area contributed by atoms with Crippen LogP contribution in [0.3, 0.4) is 0 Å². The first-order valence-electron chi connectivity index (χ1n) is 7.10. The van der Waals surface area contributed by atoms with E-state index in [0.717, 1.165) is 6.08 Å². The monoisotopic (exact) mass is 321 g/mol. The van der Waals surface area contributed by atoms with Crippen molar-refractivity contribution >= 4 is 25.8 Å². The first kappa shape index (κ1) is 10.0. The van der Waals surface area contributed by atoms with Crippen molar-refractivity contribution in [1.29, 1.82) is 0 Å². The Bertz CT molecular complexity index is 933. The van der Waals surface area contributed by atoms with Crippen molar-refractivity contribution in [3.05, 3.63) is 41.0 Å². The van der Waals surface area contributed by atoms with Gasteiger partial charge in [-0.3, -0.25) is 15.2 Å². The summed E-state index contributed by atoms with van der Waals surface area (Å²) in [5.74, 6) is -2.37. The molecule has 0 unspecified atom stereocenters. The predicted octanol–water partition coefficient (Wildman–Crippen LogP) is -1.04. The minimum absolute atomic E-state index is 0.431. The molecule has 1 aromatic heterocycles. The lowest BCUT2D eigenvalue weighted by Gasteiger charge is -2.08. The van der Waals surface area contributed by atoms with Gasteiger partial charge >= 0.3 is 0 Å². The van der Waals surface area contributed by atoms with Gasteiger partial charge in [-0.25, -0.2) is 16.8 Å². The second-order valence-electron chi connectivity index (χ2n) is 3.75. The van der Waals surface area contributed by atoms with Gasteiger partial charge in [-0.05, 0) is 12.1 Å². The summed E-state index contributed by atoms with van der Waals surface area (Å²) in [6.45, 7) is 0. The molecule has 8 nitrogen and oxygen atoms in total. The summed E-state index contributed by atoms with van der Waals surface area (Å²) in [7, 11) is -7.85. The molecule has 0 radical (unpaired) electrons. The van der Waals surface area contributed by atoms with Gasteiger partial charge in [0.15, 0.2) is 9.84 Å². The van der Waals surface area contributed by atoms with Crippen LogP contribution in [0, 0.1) is 0 Å². The van der Waals surface area contributed by atoms with E-state index in [0.29, 0.717) is 0 Å². The molecule has 0 atom stereocenters. The maximum absolute atomic E-state index is 12.0. The SMILES string of the molecule is [2H]c1nc([2H])c([2H])c(C(=O)NNS(=O)(=O)C2=CCS(=O)(=O)C2)c1[2H]. The summed E-state index contributed by atoms with van der Waals surface area (Å²) in [6.07, 6.45) is -0.437. The molecule has 1 aliphatic rings. The lowest BCUT2D eigenvalue weighted by molar-refractivity contribution is 0.0945. The van der Waals surface area contributed by atoms with E-state index < -0.39 is 72.2 Å². The van der Waals surface area contributed by atoms with Crippen LogP contribution < -0.4 is 10.3 Å². The van der Waals surface area contributed by atoms with E-state index in [1.54, 1.807) is 10.3 Å². The van der Waals surface area contributed by atoms with Gasteiger partial charge in [0.1, 0.15) is 0 Å². The number of sulfonamides is 1. The first-order valence-corrected chi connectivity index (χ1v) is 8.41. The van der Waals surface area contributed by atoms with Gasteiger partial charge in [-0.2, -0.15) is 0 Å². The Morgan fingerprint density at radius 3 is 2.55 bits per heavy atom. The molecule has 0 bridgehead atoms. The summed E-state index contributed by atoms with van der Waals surface area (Å²) in [5.41, 5.74) is 1.03. The van der Waals surface area contributed by atoms with Gasteiger partial charge in [0.2, 0.25) is 0 Å². The van der Waals surface area contributed by atoms with Crippen molar-refractivity contribution < 1.29 is 27.1 Å². The Hall–Kier alpha value is -1.78. The highest BCUT2D eigenvalue weighted by atomic mass is 32.2. The molecule has 108 valence electrons. The third-order valence-corrected chi connectivity index (χ3v) is 5.25. The van der Waals surface area contributed by atoms with E-state index in [4.69, 9.17) is 5.48 Å². The number of amides is 1. The van der Waals surface area contributed by atoms with Crippen LogP contribution >= 0.6 is 0 Å². The molecule has 1 aromatic rings. The summed E-state index contributed by atoms with van der Waals surface area (Å²) >= 11 is 0. The number of nitrogens with zero attached hydrogens (tertiary/aromatic N) is 1. The molecule has 2 heterocycles. The zero-order valence-electron chi connectivity index (χ0n) is 13.8. The lowest BCUT2D eigenvalue weighted by atomic mass is 10.3. The van der Waals surface area contributed by atoms with E-state index in [2.05, 4.69) is 4.98 Å². The molecule has 1 amide bonds. The quantitative estimate of drug-likeness (QED) is 0.683. The van der Waals surface area contributed by atoms with Crippen LogP contribution in [0.15, 0.2) is 35.4 Å². The average Bonchev–Trinajstić information content (AvgIpc) is 2.84. The number of hydrogen-bond donors (Lipinski definition) is 2. The molecule has 10 heteroatoms. The highest BCUT2D eigenvalue weighted by Gasteiger charge is 2.29. The van der Waals surface area contributed by atoms with E-state index in [1.807, 2.05) is 0 Å². The Labute approximate surface area is 121 Å². The van der Waals surface area contributed by atoms with Crippen molar-refractivity contribution in [1.82, 2.24) is 15.2 Å². The second kappa shape index (κ2) is 5.31. The number of rotatable bonds is 4. The molecular weight excluding hydrogens is 306 g/mol. The predicted molar refractivity (Wildman–Crippen MR) is 70.5 cm³/mol. The molecule has 0 saturated carbocycles. The highest BCUT2D eigenvalue weighted by Crippen LogP contribution is 2.15. The number of hydrogen-bond acceptors (Lipinski definition) is 6. The van der Waals surface area contributed by atoms with Gasteiger partial charge in [-0.1, -0.05) is 6.08 Å². The zero-order chi connectivity index (χ0) is 18.3. The van der Waals surface area contributed by atoms with E-state index in [9.17, 15) is 21.6 Å². The van der Waals surface area contributed by atoms with Crippen LogP contribution in [0.2, 0.25) is 0 Å². The molecule has 20 heavy (non-hydrogen) atoms. The lowest BCUT2D eigenvalue weighted by Crippen LogP contribution is -2.42. The van der Waals surface area contributed by atoms with Crippen molar-refractivity contribution in [2.24, 2.45) is 0 Å². The molecule has 2 N–H and O–H groups in total. The third kappa shape index (κ3) is 3.40. The van der Waals surface area contributed by atoms with Crippen LogP contribution in [0.5, 0.6) is 0 Å². The fraction of sp³-hybridized carbons (Fsp3) is 0.200. The summed E-state index contributed by atoms with van der Waals surface area (Å²) in [5, 5.41) is 0. The number of pyridine rings is 1. The zero-order valence-corrected chi connectivity index (χ0v) is 11.4. The minimum Gasteiger partial charge on any atom is -0.274 e. The topological polar surface area (TPSA) is 122 Å². The molecule has 1 aliphatic heterocycles. The summed E-state index contributed by atoms with van der Waals surface area (Å²) < 4.78 is 76.1. The summed E-state index contributed by atoms with van der Waals surface area (Å²) in [6, 6.07) is -1.48. The van der Waals surface area contributed by atoms with Gasteiger partial charge in [0, 0.05) is 17.9 Å². The van der Waals surface area contributed by atoms with Gasteiger partial charge in [0.25, 0.3) is 15.9 Å². The van der Waals surface area contributed by atoms with Crippen LogP contribution in [-0.4, -0.2) is 39.2 Å². The molecule has 0 aliphatic carbocycles. The van der Waals surface area contributed by atoms with Crippen molar-refractivity contribution in [2.45, 2.75) is 0 Å². The molecule has 0 aromatic carbocycles. The summed E-state index contributed by atoms with van der Waals surface area (Å²) in [4.78, 5) is 16.5. The molecule has 0 fully saturated rings. The highest BCUT2D eigenvalue weighted by molar-refractivity contribution is 7.97. The number of sulfone groups is 1. The number of aromatic nitrogens is 1. The molecule has 2 rings (SSSR count). The van der Waals surface area contributed by atoms with E-state index in [1.165, 1.54) is 0 Å². The van der Waals surface area contributed by atoms with Crippen molar-refractivity contribution in [3.63, 3.8) is 0 Å². The number of hydrazine groups is 1. The largest absolute Gasteiger partial charge is 0.274 e. The number of nitrogens with one attached hydrogen (secondary N) is 2. The number of carbonyl (C=O) groups is 1. The normalized spacial score (nSPS) is 20.3. The van der Waals surface area contributed by atoms with Crippen LogP contribution in [-0.2, 0) is 19.9 Å². The maximum Gasteiger partial charge on any atom is 0.266 e. The Kier molecular flexibility index (Phi) is 2.66. The van der Waals surface area contributed by atoms with Crippen LogP contribution in [0.1, 0.15) is 15.8 Å². The number of carbonyl (C=O) groups excluding carboxylic acids is 1. The first-order chi connectivity index (χ1) is 10.9. The van der Waals surface area contributed by atoms with Gasteiger partial charge in [0.05, 0.1) is 21.9 Å². The second-order valence-corrected chi connectivity index (χ2v) is 7.59. The molecular formula is C10H11N3O5S2. The fourth-order valence-corrected chi connectivity index (χ4v) is 4.37. The Morgan fingerprint density at radius 1 is 1.35 bits per heavy atom. The third-order valence-electron chi connectivity index (χ3n) is 2.27. The van der Waals surface area contributed by atoms with Gasteiger partial charge in [-0.15, -0.1) is 4.83 Å². The standard InChI is InChI=1S/C10H11N3O5S2/c14-10(8-1-4-11-5-2-8)12-13-20(17,18)9-3-6-19(15,16)7-9/h1-5,13H,6-7H2,(H,12,14)/i1D,2D,4D,5D.